The molecule has 0 N–H and O–H groups in total. The van der Waals surface area contributed by atoms with Crippen molar-refractivity contribution in [3.63, 3.8) is 0 Å². The predicted octanol–water partition coefficient (Wildman–Crippen LogP) is 2.41. The van der Waals surface area contributed by atoms with E-state index in [2.05, 4.69) is 28.2 Å². The molecular weight excluding hydrogens is 250 g/mol. The molecule has 0 unspecified atom stereocenters. The lowest BCUT2D eigenvalue weighted by atomic mass is 9.99. The van der Waals surface area contributed by atoms with Crippen LogP contribution in [0.25, 0.3) is 5.57 Å². The molecule has 0 fully saturated rings. The number of amides is 1. The average molecular weight is 265 g/mol. The summed E-state index contributed by atoms with van der Waals surface area (Å²) in [7, 11) is 0. The van der Waals surface area contributed by atoms with Gasteiger partial charge in [0.1, 0.15) is 5.69 Å². The summed E-state index contributed by atoms with van der Waals surface area (Å²) < 4.78 is 0. The van der Waals surface area contributed by atoms with Crippen molar-refractivity contribution in [1.82, 2.24) is 14.9 Å². The molecule has 4 heteroatoms. The van der Waals surface area contributed by atoms with E-state index in [0.717, 1.165) is 13.0 Å². The van der Waals surface area contributed by atoms with Gasteiger partial charge in [-0.05, 0) is 17.6 Å². The molecule has 100 valence electrons. The molecule has 4 nitrogen and oxygen atoms in total. The Morgan fingerprint density at radius 1 is 1.15 bits per heavy atom. The maximum Gasteiger partial charge on any atom is 0.274 e. The Hall–Kier alpha value is -2.49. The second kappa shape index (κ2) is 5.65. The van der Waals surface area contributed by atoms with Crippen molar-refractivity contribution >= 4 is 11.5 Å². The van der Waals surface area contributed by atoms with Crippen molar-refractivity contribution in [2.45, 2.75) is 6.42 Å². The second-order valence-corrected chi connectivity index (χ2v) is 4.69. The SMILES string of the molecule is O=C(c1cnccn1)N1CC=C(c2ccccc2)CC1. The van der Waals surface area contributed by atoms with Crippen molar-refractivity contribution in [2.24, 2.45) is 0 Å². The summed E-state index contributed by atoms with van der Waals surface area (Å²) in [5.41, 5.74) is 2.94. The molecule has 0 radical (unpaired) electrons. The zero-order valence-electron chi connectivity index (χ0n) is 11.1. The number of hydrogen-bond donors (Lipinski definition) is 0. The van der Waals surface area contributed by atoms with Crippen molar-refractivity contribution in [2.75, 3.05) is 13.1 Å². The molecule has 1 aliphatic rings. The lowest BCUT2D eigenvalue weighted by Gasteiger charge is -2.26. The molecule has 1 amide bonds. The maximum atomic E-state index is 12.2. The van der Waals surface area contributed by atoms with E-state index in [0.29, 0.717) is 12.2 Å². The summed E-state index contributed by atoms with van der Waals surface area (Å²) in [5, 5.41) is 0. The van der Waals surface area contributed by atoms with Crippen molar-refractivity contribution in [3.05, 3.63) is 66.3 Å². The highest BCUT2D eigenvalue weighted by Crippen LogP contribution is 2.22. The van der Waals surface area contributed by atoms with Gasteiger partial charge in [0.05, 0.1) is 6.20 Å². The van der Waals surface area contributed by atoms with Crippen molar-refractivity contribution in [3.8, 4) is 0 Å². The van der Waals surface area contributed by atoms with Crippen LogP contribution in [0.1, 0.15) is 22.5 Å². The summed E-state index contributed by atoms with van der Waals surface area (Å²) in [5.74, 6) is -0.0542. The first-order chi connectivity index (χ1) is 9.84. The van der Waals surface area contributed by atoms with Crippen molar-refractivity contribution in [1.29, 1.82) is 0 Å². The van der Waals surface area contributed by atoms with E-state index in [1.54, 1.807) is 17.3 Å². The standard InChI is InChI=1S/C16H15N3O/c20-16(15-12-17-8-9-18-15)19-10-6-14(7-11-19)13-4-2-1-3-5-13/h1-6,8-9,12H,7,10-11H2. The fourth-order valence-electron chi connectivity index (χ4n) is 2.34. The first-order valence-corrected chi connectivity index (χ1v) is 6.64. The minimum atomic E-state index is -0.0542. The normalized spacial score (nSPS) is 14.8. The number of carbonyl (C=O) groups is 1. The van der Waals surface area contributed by atoms with E-state index in [1.807, 2.05) is 18.2 Å². The van der Waals surface area contributed by atoms with Gasteiger partial charge in [0.25, 0.3) is 5.91 Å². The number of aromatic nitrogens is 2. The lowest BCUT2D eigenvalue weighted by molar-refractivity contribution is 0.0766. The maximum absolute atomic E-state index is 12.2. The zero-order chi connectivity index (χ0) is 13.8. The Bertz CT molecular complexity index is 623. The van der Waals surface area contributed by atoms with Crippen LogP contribution in [0.15, 0.2) is 55.0 Å². The topological polar surface area (TPSA) is 46.1 Å². The largest absolute Gasteiger partial charge is 0.333 e. The summed E-state index contributed by atoms with van der Waals surface area (Å²) in [6.07, 6.45) is 7.62. The predicted molar refractivity (Wildman–Crippen MR) is 77.0 cm³/mol. The van der Waals surface area contributed by atoms with Crippen LogP contribution in [-0.2, 0) is 0 Å². The number of nitrogens with zero attached hydrogens (tertiary/aromatic N) is 3. The van der Waals surface area contributed by atoms with Gasteiger partial charge in [0.15, 0.2) is 0 Å². The number of hydrogen-bond acceptors (Lipinski definition) is 3. The molecule has 2 heterocycles. The van der Waals surface area contributed by atoms with E-state index >= 15 is 0 Å². The van der Waals surface area contributed by atoms with Gasteiger partial charge in [-0.2, -0.15) is 0 Å². The smallest absolute Gasteiger partial charge is 0.274 e. The third kappa shape index (κ3) is 2.59. The van der Waals surface area contributed by atoms with Gasteiger partial charge in [-0.15, -0.1) is 0 Å². The molecule has 0 bridgehead atoms. The Morgan fingerprint density at radius 3 is 2.65 bits per heavy atom. The Labute approximate surface area is 117 Å². The first-order valence-electron chi connectivity index (χ1n) is 6.64. The number of carbonyl (C=O) groups excluding carboxylic acids is 1. The Morgan fingerprint density at radius 2 is 2.00 bits per heavy atom. The first kappa shape index (κ1) is 12.5. The van der Waals surface area contributed by atoms with E-state index in [-0.39, 0.29) is 5.91 Å². The van der Waals surface area contributed by atoms with E-state index in [1.165, 1.54) is 17.3 Å². The third-order valence-corrected chi connectivity index (χ3v) is 3.42. The molecule has 0 aliphatic carbocycles. The second-order valence-electron chi connectivity index (χ2n) is 4.69. The summed E-state index contributed by atoms with van der Waals surface area (Å²) in [6.45, 7) is 1.34. The molecule has 1 aromatic heterocycles. The molecule has 3 rings (SSSR count). The zero-order valence-corrected chi connectivity index (χ0v) is 11.1. The minimum Gasteiger partial charge on any atom is -0.333 e. The fourth-order valence-corrected chi connectivity index (χ4v) is 2.34. The highest BCUT2D eigenvalue weighted by Gasteiger charge is 2.20. The fraction of sp³-hybridized carbons (Fsp3) is 0.188. The van der Waals surface area contributed by atoms with Gasteiger partial charge >= 0.3 is 0 Å². The van der Waals surface area contributed by atoms with Crippen LogP contribution in [0.2, 0.25) is 0 Å². The summed E-state index contributed by atoms with van der Waals surface area (Å²) >= 11 is 0. The van der Waals surface area contributed by atoms with Crippen molar-refractivity contribution < 1.29 is 4.79 Å². The molecule has 0 saturated heterocycles. The lowest BCUT2D eigenvalue weighted by Crippen LogP contribution is -2.35. The van der Waals surface area contributed by atoms with Crippen LogP contribution in [0.3, 0.4) is 0 Å². The molecule has 20 heavy (non-hydrogen) atoms. The van der Waals surface area contributed by atoms with Crippen LogP contribution in [0.4, 0.5) is 0 Å². The van der Waals surface area contributed by atoms with Crippen LogP contribution in [0.5, 0.6) is 0 Å². The molecular formula is C16H15N3O. The van der Waals surface area contributed by atoms with Gasteiger partial charge in [-0.1, -0.05) is 36.4 Å². The van der Waals surface area contributed by atoms with Gasteiger partial charge < -0.3 is 4.90 Å². The Balaban J connectivity index is 1.72. The summed E-state index contributed by atoms with van der Waals surface area (Å²) in [4.78, 5) is 22.0. The average Bonchev–Trinajstić information content (AvgIpc) is 2.56. The molecule has 1 aromatic carbocycles. The molecule has 2 aromatic rings. The van der Waals surface area contributed by atoms with Crippen LogP contribution in [0, 0.1) is 0 Å². The van der Waals surface area contributed by atoms with Crippen LogP contribution < -0.4 is 0 Å². The molecule has 0 saturated carbocycles. The minimum absolute atomic E-state index is 0.0542. The molecule has 1 aliphatic heterocycles. The van der Waals surface area contributed by atoms with Crippen LogP contribution in [-0.4, -0.2) is 33.9 Å². The van der Waals surface area contributed by atoms with Gasteiger partial charge in [-0.3, -0.25) is 9.78 Å². The van der Waals surface area contributed by atoms with Gasteiger partial charge in [-0.25, -0.2) is 4.98 Å². The van der Waals surface area contributed by atoms with E-state index < -0.39 is 0 Å². The molecule has 0 atom stereocenters. The third-order valence-electron chi connectivity index (χ3n) is 3.42. The highest BCUT2D eigenvalue weighted by atomic mass is 16.2. The van der Waals surface area contributed by atoms with Crippen LogP contribution >= 0.6 is 0 Å². The highest BCUT2D eigenvalue weighted by molar-refractivity contribution is 5.92. The summed E-state index contributed by atoms with van der Waals surface area (Å²) in [6, 6.07) is 10.3. The van der Waals surface area contributed by atoms with E-state index in [4.69, 9.17) is 0 Å². The number of rotatable bonds is 2. The quantitative estimate of drug-likeness (QED) is 0.837. The van der Waals surface area contributed by atoms with Gasteiger partial charge in [0, 0.05) is 25.5 Å². The number of benzene rings is 1. The Kier molecular flexibility index (Phi) is 3.54. The van der Waals surface area contributed by atoms with Gasteiger partial charge in [0.2, 0.25) is 0 Å². The van der Waals surface area contributed by atoms with E-state index in [9.17, 15) is 4.79 Å². The monoisotopic (exact) mass is 265 g/mol. The molecule has 0 spiro atoms.